The fraction of sp³-hybridized carbons (Fsp3) is 0.688. The minimum atomic E-state index is 0.156. The predicted octanol–water partition coefficient (Wildman–Crippen LogP) is 0.482. The molecule has 1 N–H and O–H groups in total. The Morgan fingerprint density at radius 3 is 2.57 bits per heavy atom. The highest BCUT2D eigenvalue weighted by Crippen LogP contribution is 2.04. The number of carbonyl (C=O) groups is 1. The third-order valence-electron chi connectivity index (χ3n) is 4.00. The molecule has 1 aromatic rings. The second-order valence-electron chi connectivity index (χ2n) is 5.85. The molecule has 0 atom stereocenters. The van der Waals surface area contributed by atoms with Crippen molar-refractivity contribution in [2.45, 2.75) is 26.7 Å². The molecule has 23 heavy (non-hydrogen) atoms. The Kier molecular flexibility index (Phi) is 6.43. The highest BCUT2D eigenvalue weighted by molar-refractivity contribution is 5.80. The van der Waals surface area contributed by atoms with Gasteiger partial charge >= 0.3 is 0 Å². The highest BCUT2D eigenvalue weighted by atomic mass is 16.2. The van der Waals surface area contributed by atoms with Crippen LogP contribution >= 0.6 is 0 Å². The van der Waals surface area contributed by atoms with Crippen LogP contribution in [0.2, 0.25) is 0 Å². The van der Waals surface area contributed by atoms with Gasteiger partial charge in [-0.05, 0) is 25.3 Å². The summed E-state index contributed by atoms with van der Waals surface area (Å²) < 4.78 is 1.83. The second kappa shape index (κ2) is 8.55. The maximum atomic E-state index is 11.4. The zero-order valence-electron chi connectivity index (χ0n) is 14.5. The largest absolute Gasteiger partial charge is 0.357 e. The second-order valence-corrected chi connectivity index (χ2v) is 5.85. The van der Waals surface area contributed by atoms with E-state index in [1.165, 1.54) is 5.56 Å². The standard InChI is InChI=1S/C16H28N6O/c1-4-17-16(22-10-8-21(9-11-22)14(2)23)18-7-5-6-15-12-19-20(3)13-15/h12-13H,4-11H2,1-3H3,(H,17,18). The van der Waals surface area contributed by atoms with Crippen molar-refractivity contribution in [2.24, 2.45) is 12.0 Å². The summed E-state index contributed by atoms with van der Waals surface area (Å²) in [6.07, 6.45) is 5.97. The van der Waals surface area contributed by atoms with E-state index in [9.17, 15) is 4.79 Å². The first-order valence-electron chi connectivity index (χ1n) is 8.36. The van der Waals surface area contributed by atoms with Crippen LogP contribution in [0, 0.1) is 0 Å². The van der Waals surface area contributed by atoms with Crippen LogP contribution in [0.5, 0.6) is 0 Å². The zero-order chi connectivity index (χ0) is 16.7. The molecule has 1 fully saturated rings. The minimum absolute atomic E-state index is 0.156. The Morgan fingerprint density at radius 1 is 1.30 bits per heavy atom. The molecule has 1 saturated heterocycles. The van der Waals surface area contributed by atoms with Gasteiger partial charge < -0.3 is 15.1 Å². The number of carbonyl (C=O) groups excluding carboxylic acids is 1. The molecule has 0 saturated carbocycles. The van der Waals surface area contributed by atoms with Crippen LogP contribution in [0.4, 0.5) is 0 Å². The van der Waals surface area contributed by atoms with Crippen LogP contribution in [0.1, 0.15) is 25.8 Å². The van der Waals surface area contributed by atoms with Crippen molar-refractivity contribution < 1.29 is 4.79 Å². The van der Waals surface area contributed by atoms with Crippen molar-refractivity contribution in [3.05, 3.63) is 18.0 Å². The first-order valence-corrected chi connectivity index (χ1v) is 8.36. The molecule has 1 aliphatic heterocycles. The van der Waals surface area contributed by atoms with E-state index in [1.807, 2.05) is 22.8 Å². The van der Waals surface area contributed by atoms with E-state index in [-0.39, 0.29) is 5.91 Å². The summed E-state index contributed by atoms with van der Waals surface area (Å²) in [6, 6.07) is 0. The van der Waals surface area contributed by atoms with Crippen molar-refractivity contribution in [2.75, 3.05) is 39.3 Å². The van der Waals surface area contributed by atoms with E-state index in [0.29, 0.717) is 0 Å². The number of rotatable bonds is 5. The Labute approximate surface area is 138 Å². The molecule has 128 valence electrons. The van der Waals surface area contributed by atoms with Crippen molar-refractivity contribution in [1.82, 2.24) is 24.9 Å². The number of guanidine groups is 1. The molecule has 1 aliphatic rings. The van der Waals surface area contributed by atoms with Gasteiger partial charge in [0.15, 0.2) is 5.96 Å². The quantitative estimate of drug-likeness (QED) is 0.487. The van der Waals surface area contributed by atoms with E-state index >= 15 is 0 Å². The van der Waals surface area contributed by atoms with E-state index in [1.54, 1.807) is 6.92 Å². The summed E-state index contributed by atoms with van der Waals surface area (Å²) in [5, 5.41) is 7.54. The van der Waals surface area contributed by atoms with Gasteiger partial charge in [0.1, 0.15) is 0 Å². The zero-order valence-corrected chi connectivity index (χ0v) is 14.5. The summed E-state index contributed by atoms with van der Waals surface area (Å²) in [5.41, 5.74) is 1.25. The molecule has 1 aromatic heterocycles. The van der Waals surface area contributed by atoms with Gasteiger partial charge in [-0.15, -0.1) is 0 Å². The minimum Gasteiger partial charge on any atom is -0.357 e. The van der Waals surface area contributed by atoms with E-state index in [2.05, 4.69) is 28.4 Å². The van der Waals surface area contributed by atoms with Gasteiger partial charge in [0.05, 0.1) is 6.20 Å². The average Bonchev–Trinajstić information content (AvgIpc) is 2.96. The molecule has 0 unspecified atom stereocenters. The van der Waals surface area contributed by atoms with Crippen LogP contribution in [0.25, 0.3) is 0 Å². The SMILES string of the molecule is CCNC(=NCCCc1cnn(C)c1)N1CCN(C(C)=O)CC1. The number of hydrogen-bond acceptors (Lipinski definition) is 3. The van der Waals surface area contributed by atoms with Crippen molar-refractivity contribution in [1.29, 1.82) is 0 Å². The number of amides is 1. The molecule has 1 amide bonds. The van der Waals surface area contributed by atoms with Gasteiger partial charge in [0.25, 0.3) is 0 Å². The van der Waals surface area contributed by atoms with Crippen molar-refractivity contribution in [3.63, 3.8) is 0 Å². The molecular formula is C16H28N6O. The topological polar surface area (TPSA) is 65.8 Å². The Hall–Kier alpha value is -2.05. The number of aromatic nitrogens is 2. The lowest BCUT2D eigenvalue weighted by molar-refractivity contribution is -0.130. The molecule has 0 radical (unpaired) electrons. The highest BCUT2D eigenvalue weighted by Gasteiger charge is 2.20. The molecule has 0 spiro atoms. The number of aliphatic imine (C=N–C) groups is 1. The summed E-state index contributed by atoms with van der Waals surface area (Å²) in [4.78, 5) is 20.3. The molecule has 7 heteroatoms. The number of hydrogen-bond donors (Lipinski definition) is 1. The van der Waals surface area contributed by atoms with Crippen LogP contribution in [-0.4, -0.2) is 70.7 Å². The Morgan fingerprint density at radius 2 is 2.00 bits per heavy atom. The molecule has 2 rings (SSSR count). The summed E-state index contributed by atoms with van der Waals surface area (Å²) >= 11 is 0. The van der Waals surface area contributed by atoms with Gasteiger partial charge in [-0.3, -0.25) is 14.5 Å². The Bertz CT molecular complexity index is 530. The number of piperazine rings is 1. The molecule has 0 bridgehead atoms. The Balaban J connectivity index is 1.81. The summed E-state index contributed by atoms with van der Waals surface area (Å²) in [6.45, 7) is 8.59. The molecule has 7 nitrogen and oxygen atoms in total. The lowest BCUT2D eigenvalue weighted by Gasteiger charge is -2.36. The molecule has 0 aliphatic carbocycles. The monoisotopic (exact) mass is 320 g/mol. The lowest BCUT2D eigenvalue weighted by Crippen LogP contribution is -2.53. The van der Waals surface area contributed by atoms with E-state index < -0.39 is 0 Å². The number of nitrogens with one attached hydrogen (secondary N) is 1. The van der Waals surface area contributed by atoms with Gasteiger partial charge in [0, 0.05) is 59.4 Å². The van der Waals surface area contributed by atoms with Crippen LogP contribution in [-0.2, 0) is 18.3 Å². The summed E-state index contributed by atoms with van der Waals surface area (Å²) in [7, 11) is 1.94. The van der Waals surface area contributed by atoms with Crippen molar-refractivity contribution in [3.8, 4) is 0 Å². The molecule has 2 heterocycles. The lowest BCUT2D eigenvalue weighted by atomic mass is 10.2. The number of aryl methyl sites for hydroxylation is 2. The average molecular weight is 320 g/mol. The van der Waals surface area contributed by atoms with E-state index in [0.717, 1.165) is 58.1 Å². The fourth-order valence-corrected chi connectivity index (χ4v) is 2.73. The van der Waals surface area contributed by atoms with Crippen LogP contribution in [0.3, 0.4) is 0 Å². The fourth-order valence-electron chi connectivity index (χ4n) is 2.73. The maximum Gasteiger partial charge on any atom is 0.219 e. The third-order valence-corrected chi connectivity index (χ3v) is 4.00. The maximum absolute atomic E-state index is 11.4. The third kappa shape index (κ3) is 5.26. The first kappa shape index (κ1) is 17.3. The van der Waals surface area contributed by atoms with Crippen molar-refractivity contribution >= 4 is 11.9 Å². The van der Waals surface area contributed by atoms with Gasteiger partial charge in [-0.25, -0.2) is 0 Å². The van der Waals surface area contributed by atoms with Gasteiger partial charge in [-0.2, -0.15) is 5.10 Å². The van der Waals surface area contributed by atoms with Crippen LogP contribution in [0.15, 0.2) is 17.4 Å². The number of nitrogens with zero attached hydrogens (tertiary/aromatic N) is 5. The van der Waals surface area contributed by atoms with E-state index in [4.69, 9.17) is 4.99 Å². The predicted molar refractivity (Wildman–Crippen MR) is 91.3 cm³/mol. The smallest absolute Gasteiger partial charge is 0.219 e. The van der Waals surface area contributed by atoms with Gasteiger partial charge in [0.2, 0.25) is 5.91 Å². The van der Waals surface area contributed by atoms with Gasteiger partial charge in [-0.1, -0.05) is 0 Å². The normalized spacial score (nSPS) is 15.9. The molecular weight excluding hydrogens is 292 g/mol. The first-order chi connectivity index (χ1) is 11.1. The summed E-state index contributed by atoms with van der Waals surface area (Å²) in [5.74, 6) is 1.12. The van der Waals surface area contributed by atoms with Crippen LogP contribution < -0.4 is 5.32 Å². The molecule has 0 aromatic carbocycles.